The Balaban J connectivity index is 1.48. The van der Waals surface area contributed by atoms with Crippen LogP contribution in [0.2, 0.25) is 5.02 Å². The lowest BCUT2D eigenvalue weighted by Crippen LogP contribution is -2.38. The fourth-order valence-corrected chi connectivity index (χ4v) is 3.95. The quantitative estimate of drug-likeness (QED) is 0.297. The van der Waals surface area contributed by atoms with Gasteiger partial charge in [0, 0.05) is 20.7 Å². The molecule has 0 spiro atoms. The van der Waals surface area contributed by atoms with Gasteiger partial charge in [0.1, 0.15) is 24.6 Å². The predicted octanol–water partition coefficient (Wildman–Crippen LogP) is 5.52. The third kappa shape index (κ3) is 6.29. The Hall–Kier alpha value is -3.62. The Kier molecular flexibility index (Phi) is 7.53. The molecule has 1 fully saturated rings. The van der Waals surface area contributed by atoms with Gasteiger partial charge in [-0.05, 0) is 66.6 Å². The highest BCUT2D eigenvalue weighted by Crippen LogP contribution is 2.27. The summed E-state index contributed by atoms with van der Waals surface area (Å²) in [6.45, 7) is 1.79. The number of halogens is 2. The summed E-state index contributed by atoms with van der Waals surface area (Å²) in [5.74, 6) is -0.554. The minimum atomic E-state index is -0.667. The lowest BCUT2D eigenvalue weighted by molar-refractivity contribution is -0.127. The zero-order chi connectivity index (χ0) is 24.9. The van der Waals surface area contributed by atoms with Gasteiger partial charge >= 0.3 is 6.03 Å². The largest absolute Gasteiger partial charge is 0.488 e. The first-order valence-electron chi connectivity index (χ1n) is 10.7. The van der Waals surface area contributed by atoms with Crippen molar-refractivity contribution in [2.45, 2.75) is 13.5 Å². The van der Waals surface area contributed by atoms with E-state index >= 15 is 0 Å². The Morgan fingerprint density at radius 1 is 1.11 bits per heavy atom. The number of benzene rings is 3. The molecule has 0 aliphatic carbocycles. The average Bonchev–Trinajstić information content (AvgIpc) is 3.07. The molecule has 3 aromatic rings. The van der Waals surface area contributed by atoms with Crippen LogP contribution in [0.15, 0.2) is 76.9 Å². The molecule has 178 valence electrons. The number of hydrogen-bond donors (Lipinski definition) is 2. The molecule has 0 saturated carbocycles. The summed E-state index contributed by atoms with van der Waals surface area (Å²) in [4.78, 5) is 38.6. The molecule has 1 saturated heterocycles. The summed E-state index contributed by atoms with van der Waals surface area (Å²) in [5.41, 5.74) is 3.13. The SMILES string of the molecule is Cc1cccc(NC(=O)CN2C(=O)N/C(=C/c3cc(Br)ccc3OCc3ccc(Cl)cc3)C2=O)c1. The van der Waals surface area contributed by atoms with E-state index in [4.69, 9.17) is 16.3 Å². The number of ether oxygens (including phenoxy) is 1. The summed E-state index contributed by atoms with van der Waals surface area (Å²) >= 11 is 9.36. The van der Waals surface area contributed by atoms with E-state index in [9.17, 15) is 14.4 Å². The van der Waals surface area contributed by atoms with Crippen LogP contribution < -0.4 is 15.4 Å². The van der Waals surface area contributed by atoms with Crippen molar-refractivity contribution < 1.29 is 19.1 Å². The molecule has 0 radical (unpaired) electrons. The molecule has 35 heavy (non-hydrogen) atoms. The number of hydrogen-bond acceptors (Lipinski definition) is 4. The topological polar surface area (TPSA) is 87.7 Å². The zero-order valence-electron chi connectivity index (χ0n) is 18.7. The summed E-state index contributed by atoms with van der Waals surface area (Å²) in [5, 5.41) is 5.88. The third-order valence-corrected chi connectivity index (χ3v) is 5.89. The number of rotatable bonds is 7. The van der Waals surface area contributed by atoms with Gasteiger partial charge in [-0.25, -0.2) is 9.69 Å². The molecule has 3 aromatic carbocycles. The normalized spacial score (nSPS) is 14.3. The van der Waals surface area contributed by atoms with E-state index < -0.39 is 24.4 Å². The highest BCUT2D eigenvalue weighted by Gasteiger charge is 2.35. The molecule has 4 rings (SSSR count). The van der Waals surface area contributed by atoms with Crippen molar-refractivity contribution in [1.82, 2.24) is 10.2 Å². The molecule has 0 unspecified atom stereocenters. The van der Waals surface area contributed by atoms with Crippen molar-refractivity contribution in [1.29, 1.82) is 0 Å². The molecule has 1 aliphatic heterocycles. The number of carbonyl (C=O) groups is 3. The molecule has 0 atom stereocenters. The van der Waals surface area contributed by atoms with Crippen molar-refractivity contribution in [2.75, 3.05) is 11.9 Å². The lowest BCUT2D eigenvalue weighted by atomic mass is 10.1. The van der Waals surface area contributed by atoms with E-state index in [1.807, 2.05) is 37.3 Å². The maximum atomic E-state index is 12.9. The first-order valence-corrected chi connectivity index (χ1v) is 11.8. The summed E-state index contributed by atoms with van der Waals surface area (Å²) in [6.07, 6.45) is 1.53. The van der Waals surface area contributed by atoms with E-state index in [1.165, 1.54) is 6.08 Å². The number of nitrogens with one attached hydrogen (secondary N) is 2. The fraction of sp³-hybridized carbons (Fsp3) is 0.115. The van der Waals surface area contributed by atoms with Crippen molar-refractivity contribution in [3.05, 3.63) is 98.6 Å². The van der Waals surface area contributed by atoms with Gasteiger partial charge in [0.25, 0.3) is 5.91 Å². The second-order valence-corrected chi connectivity index (χ2v) is 9.25. The summed E-state index contributed by atoms with van der Waals surface area (Å²) < 4.78 is 6.72. The Bertz CT molecular complexity index is 1320. The molecule has 9 heteroatoms. The van der Waals surface area contributed by atoms with Gasteiger partial charge in [-0.2, -0.15) is 0 Å². The number of nitrogens with zero attached hydrogens (tertiary/aromatic N) is 1. The van der Waals surface area contributed by atoms with Gasteiger partial charge in [-0.15, -0.1) is 0 Å². The molecule has 0 aromatic heterocycles. The first-order chi connectivity index (χ1) is 16.8. The highest BCUT2D eigenvalue weighted by atomic mass is 79.9. The number of anilines is 1. The number of aryl methyl sites for hydroxylation is 1. The molecule has 0 bridgehead atoms. The molecule has 7 nitrogen and oxygen atoms in total. The van der Waals surface area contributed by atoms with Gasteiger partial charge in [0.05, 0.1) is 0 Å². The van der Waals surface area contributed by atoms with Gasteiger partial charge in [-0.3, -0.25) is 9.59 Å². The highest BCUT2D eigenvalue weighted by molar-refractivity contribution is 9.10. The standard InChI is InChI=1S/C26H21BrClN3O4/c1-16-3-2-4-21(11-16)29-24(32)14-31-25(33)22(30-26(31)34)13-18-12-19(27)7-10-23(18)35-15-17-5-8-20(28)9-6-17/h2-13H,14-15H2,1H3,(H,29,32)(H,30,34)/b22-13+. The van der Waals surface area contributed by atoms with Gasteiger partial charge in [0.2, 0.25) is 5.91 Å². The minimum Gasteiger partial charge on any atom is -0.488 e. The number of amides is 4. The maximum absolute atomic E-state index is 12.9. The smallest absolute Gasteiger partial charge is 0.329 e. The summed E-state index contributed by atoms with van der Waals surface area (Å²) in [7, 11) is 0. The Labute approximate surface area is 215 Å². The van der Waals surface area contributed by atoms with Crippen LogP contribution in [-0.4, -0.2) is 29.3 Å². The molecule has 2 N–H and O–H groups in total. The van der Waals surface area contributed by atoms with Crippen LogP contribution in [0.5, 0.6) is 5.75 Å². The van der Waals surface area contributed by atoms with E-state index in [0.717, 1.165) is 20.5 Å². The second-order valence-electron chi connectivity index (χ2n) is 7.89. The van der Waals surface area contributed by atoms with Crippen molar-refractivity contribution >= 4 is 57.1 Å². The van der Waals surface area contributed by atoms with Crippen LogP contribution in [0.1, 0.15) is 16.7 Å². The van der Waals surface area contributed by atoms with Gasteiger partial charge in [-0.1, -0.05) is 51.8 Å². The van der Waals surface area contributed by atoms with Gasteiger partial charge in [0.15, 0.2) is 0 Å². The van der Waals surface area contributed by atoms with Crippen LogP contribution >= 0.6 is 27.5 Å². The van der Waals surface area contributed by atoms with Crippen LogP contribution in [0, 0.1) is 6.92 Å². The number of imide groups is 1. The van der Waals surface area contributed by atoms with E-state index in [1.54, 1.807) is 36.4 Å². The van der Waals surface area contributed by atoms with Crippen LogP contribution in [0.4, 0.5) is 10.5 Å². The first kappa shape index (κ1) is 24.5. The number of urea groups is 1. The van der Waals surface area contributed by atoms with Crippen LogP contribution in [-0.2, 0) is 16.2 Å². The predicted molar refractivity (Wildman–Crippen MR) is 138 cm³/mol. The third-order valence-electron chi connectivity index (χ3n) is 5.15. The monoisotopic (exact) mass is 553 g/mol. The minimum absolute atomic E-state index is 0.0489. The second kappa shape index (κ2) is 10.8. The Morgan fingerprint density at radius 2 is 1.89 bits per heavy atom. The molecule has 1 aliphatic rings. The van der Waals surface area contributed by atoms with E-state index in [2.05, 4.69) is 26.6 Å². The molecular formula is C26H21BrClN3O4. The van der Waals surface area contributed by atoms with E-state index in [0.29, 0.717) is 28.6 Å². The molecule has 4 amide bonds. The maximum Gasteiger partial charge on any atom is 0.329 e. The lowest BCUT2D eigenvalue weighted by Gasteiger charge is -2.12. The summed E-state index contributed by atoms with van der Waals surface area (Å²) in [6, 6.07) is 19.2. The van der Waals surface area contributed by atoms with E-state index in [-0.39, 0.29) is 5.70 Å². The van der Waals surface area contributed by atoms with Crippen molar-refractivity contribution in [3.63, 3.8) is 0 Å². The molecule has 1 heterocycles. The van der Waals surface area contributed by atoms with Crippen LogP contribution in [0.3, 0.4) is 0 Å². The zero-order valence-corrected chi connectivity index (χ0v) is 21.0. The molecular weight excluding hydrogens is 534 g/mol. The van der Waals surface area contributed by atoms with Crippen molar-refractivity contribution in [2.24, 2.45) is 0 Å². The Morgan fingerprint density at radius 3 is 2.63 bits per heavy atom. The van der Waals surface area contributed by atoms with Crippen molar-refractivity contribution in [3.8, 4) is 5.75 Å². The number of carbonyl (C=O) groups excluding carboxylic acids is 3. The van der Waals surface area contributed by atoms with Crippen LogP contribution in [0.25, 0.3) is 6.08 Å². The fourth-order valence-electron chi connectivity index (χ4n) is 3.44. The average molecular weight is 555 g/mol. The van der Waals surface area contributed by atoms with Gasteiger partial charge < -0.3 is 15.4 Å².